The molecular weight excluding hydrogens is 472 g/mol. The average Bonchev–Trinajstić information content (AvgIpc) is 3.56. The van der Waals surface area contributed by atoms with Crippen LogP contribution in [-0.2, 0) is 23.7 Å². The molecule has 0 amide bonds. The van der Waals surface area contributed by atoms with Crippen LogP contribution in [0.5, 0.6) is 0 Å². The predicted molar refractivity (Wildman–Crippen MR) is 140 cm³/mol. The lowest BCUT2D eigenvalue weighted by molar-refractivity contribution is -0.229. The van der Waals surface area contributed by atoms with Gasteiger partial charge in [-0.3, -0.25) is 0 Å². The van der Waals surface area contributed by atoms with E-state index in [1.807, 2.05) is 32.0 Å². The van der Waals surface area contributed by atoms with Gasteiger partial charge in [-0.1, -0.05) is 76.5 Å². The normalized spacial score (nSPS) is 31.4. The van der Waals surface area contributed by atoms with Gasteiger partial charge in [0, 0.05) is 0 Å². The highest BCUT2D eigenvalue weighted by molar-refractivity contribution is 5.89. The number of fused-ring (bicyclic) bond motifs is 1. The zero-order chi connectivity index (χ0) is 26.3. The Bertz CT molecular complexity index is 828. The van der Waals surface area contributed by atoms with Crippen molar-refractivity contribution in [3.63, 3.8) is 0 Å². The van der Waals surface area contributed by atoms with Gasteiger partial charge in [-0.2, -0.15) is 0 Å². The number of esters is 1. The lowest BCUT2D eigenvalue weighted by Crippen LogP contribution is -2.42. The van der Waals surface area contributed by atoms with Gasteiger partial charge in [0.2, 0.25) is 0 Å². The Labute approximate surface area is 222 Å². The van der Waals surface area contributed by atoms with Crippen LogP contribution >= 0.6 is 0 Å². The Hall–Kier alpha value is -1.51. The van der Waals surface area contributed by atoms with Gasteiger partial charge in [0.05, 0.1) is 17.8 Å². The molecule has 4 rings (SSSR count). The molecule has 0 bridgehead atoms. The van der Waals surface area contributed by atoms with E-state index in [1.165, 1.54) is 44.9 Å². The molecule has 0 unspecified atom stereocenters. The Kier molecular flexibility index (Phi) is 10.4. The van der Waals surface area contributed by atoms with Crippen LogP contribution in [0.4, 0.5) is 0 Å². The lowest BCUT2D eigenvalue weighted by Gasteiger charge is -2.28. The van der Waals surface area contributed by atoms with Gasteiger partial charge in [-0.05, 0) is 51.7 Å². The van der Waals surface area contributed by atoms with Crippen molar-refractivity contribution in [3.8, 4) is 0 Å². The number of hydrogen-bond acceptors (Lipinski definition) is 7. The second-order valence-electron chi connectivity index (χ2n) is 11.3. The number of aliphatic hydroxyl groups excluding tert-OH is 1. The largest absolute Gasteiger partial charge is 0.456 e. The Balaban J connectivity index is 1.28. The average molecular weight is 519 g/mol. The molecule has 1 aromatic carbocycles. The molecule has 1 N–H and O–H groups in total. The lowest BCUT2D eigenvalue weighted by atomic mass is 10.00. The second kappa shape index (κ2) is 13.5. The van der Waals surface area contributed by atoms with E-state index in [0.29, 0.717) is 5.56 Å². The van der Waals surface area contributed by atoms with Crippen molar-refractivity contribution in [2.75, 3.05) is 0 Å². The summed E-state index contributed by atoms with van der Waals surface area (Å²) in [7, 11) is 0. The van der Waals surface area contributed by atoms with E-state index >= 15 is 0 Å². The third kappa shape index (κ3) is 7.76. The van der Waals surface area contributed by atoms with E-state index in [0.717, 1.165) is 32.1 Å². The van der Waals surface area contributed by atoms with E-state index in [2.05, 4.69) is 6.92 Å². The van der Waals surface area contributed by atoms with Crippen molar-refractivity contribution >= 4 is 5.97 Å². The maximum atomic E-state index is 12.9. The number of carbonyl (C=O) groups excluding carboxylic acids is 1. The fraction of sp³-hybridized carbons (Fsp3) is 0.767. The molecule has 7 atom stereocenters. The number of ether oxygens (including phenoxy) is 5. The Morgan fingerprint density at radius 2 is 1.62 bits per heavy atom. The van der Waals surface area contributed by atoms with Gasteiger partial charge < -0.3 is 28.8 Å². The molecule has 0 aromatic heterocycles. The van der Waals surface area contributed by atoms with Crippen LogP contribution in [0.25, 0.3) is 0 Å². The molecule has 3 aliphatic heterocycles. The molecule has 0 spiro atoms. The number of benzene rings is 1. The van der Waals surface area contributed by atoms with Crippen molar-refractivity contribution in [3.05, 3.63) is 35.9 Å². The summed E-state index contributed by atoms with van der Waals surface area (Å²) in [5, 5.41) is 10.9. The first-order chi connectivity index (χ1) is 17.9. The van der Waals surface area contributed by atoms with E-state index in [1.54, 1.807) is 12.1 Å². The maximum Gasteiger partial charge on any atom is 0.338 e. The molecular formula is C30H46O7. The van der Waals surface area contributed by atoms with Crippen LogP contribution in [0.3, 0.4) is 0 Å². The summed E-state index contributed by atoms with van der Waals surface area (Å²) in [4.78, 5) is 12.9. The summed E-state index contributed by atoms with van der Waals surface area (Å²) in [6, 6.07) is 9.13. The molecule has 208 valence electrons. The summed E-state index contributed by atoms with van der Waals surface area (Å²) in [5.41, 5.74) is 0.549. The summed E-state index contributed by atoms with van der Waals surface area (Å²) in [6.45, 7) is 5.88. The van der Waals surface area contributed by atoms with Crippen molar-refractivity contribution in [1.29, 1.82) is 0 Å². The first kappa shape index (κ1) is 28.5. The fourth-order valence-electron chi connectivity index (χ4n) is 5.78. The molecule has 3 saturated heterocycles. The third-order valence-corrected chi connectivity index (χ3v) is 7.78. The summed E-state index contributed by atoms with van der Waals surface area (Å²) >= 11 is 0. The van der Waals surface area contributed by atoms with Crippen LogP contribution in [0.2, 0.25) is 0 Å². The molecule has 37 heavy (non-hydrogen) atoms. The molecule has 0 radical (unpaired) electrons. The van der Waals surface area contributed by atoms with Crippen molar-refractivity contribution in [1.82, 2.24) is 0 Å². The third-order valence-electron chi connectivity index (χ3n) is 7.78. The minimum atomic E-state index is -0.821. The standard InChI is InChI=1S/C30H46O7/c1-4-5-6-7-8-9-10-11-15-18-22(34-28(32)21-16-13-12-14-17-21)23-19-20-24(33-23)26-25(31)27-29(35-26)37-30(2,3)36-27/h12-14,16-17,22-27,29,31H,4-11,15,18-20H2,1-3H3/t22-,23+,24-,25-,26-,27+,29-/m0/s1. The van der Waals surface area contributed by atoms with Gasteiger partial charge in [-0.25, -0.2) is 4.79 Å². The van der Waals surface area contributed by atoms with Crippen molar-refractivity contribution in [2.24, 2.45) is 0 Å². The first-order valence-electron chi connectivity index (χ1n) is 14.5. The Morgan fingerprint density at radius 3 is 2.30 bits per heavy atom. The van der Waals surface area contributed by atoms with Crippen LogP contribution in [-0.4, -0.2) is 59.8 Å². The highest BCUT2D eigenvalue weighted by Crippen LogP contribution is 2.41. The zero-order valence-corrected chi connectivity index (χ0v) is 22.8. The van der Waals surface area contributed by atoms with Crippen LogP contribution in [0, 0.1) is 0 Å². The van der Waals surface area contributed by atoms with Crippen LogP contribution in [0.1, 0.15) is 108 Å². The van der Waals surface area contributed by atoms with Gasteiger partial charge in [0.15, 0.2) is 12.1 Å². The van der Waals surface area contributed by atoms with Gasteiger partial charge in [0.1, 0.15) is 24.4 Å². The molecule has 1 aromatic rings. The topological polar surface area (TPSA) is 83.5 Å². The van der Waals surface area contributed by atoms with Crippen LogP contribution < -0.4 is 0 Å². The minimum Gasteiger partial charge on any atom is -0.456 e. The van der Waals surface area contributed by atoms with Gasteiger partial charge >= 0.3 is 5.97 Å². The first-order valence-corrected chi connectivity index (χ1v) is 14.5. The van der Waals surface area contributed by atoms with Gasteiger partial charge in [0.25, 0.3) is 0 Å². The highest BCUT2D eigenvalue weighted by atomic mass is 16.8. The summed E-state index contributed by atoms with van der Waals surface area (Å²) in [6.07, 6.45) is 10.1. The predicted octanol–water partition coefficient (Wildman–Crippen LogP) is 5.92. The van der Waals surface area contributed by atoms with Gasteiger partial charge in [-0.15, -0.1) is 0 Å². The number of carbonyl (C=O) groups is 1. The molecule has 7 heteroatoms. The molecule has 3 fully saturated rings. The SMILES string of the molecule is CCCCCCCCCCC[C@H](OC(=O)c1ccccc1)[C@H]1CC[C@@H]([C@@H]2O[C@H]3OC(C)(C)O[C@@H]3[C@H]2O)O1. The molecule has 0 saturated carbocycles. The van der Waals surface area contributed by atoms with E-state index in [4.69, 9.17) is 23.7 Å². The van der Waals surface area contributed by atoms with E-state index in [9.17, 15) is 9.90 Å². The summed E-state index contributed by atoms with van der Waals surface area (Å²) < 4.78 is 30.1. The molecule has 7 nitrogen and oxygen atoms in total. The number of hydrogen-bond donors (Lipinski definition) is 1. The second-order valence-corrected chi connectivity index (χ2v) is 11.3. The molecule has 3 heterocycles. The molecule has 3 aliphatic rings. The fourth-order valence-corrected chi connectivity index (χ4v) is 5.78. The van der Waals surface area contributed by atoms with Crippen LogP contribution in [0.15, 0.2) is 30.3 Å². The highest BCUT2D eigenvalue weighted by Gasteiger charge is 2.57. The number of aliphatic hydroxyl groups is 1. The number of rotatable bonds is 14. The molecule has 0 aliphatic carbocycles. The number of unbranched alkanes of at least 4 members (excludes halogenated alkanes) is 8. The Morgan fingerprint density at radius 1 is 0.946 bits per heavy atom. The smallest absolute Gasteiger partial charge is 0.338 e. The van der Waals surface area contributed by atoms with Crippen molar-refractivity contribution < 1.29 is 33.6 Å². The summed E-state index contributed by atoms with van der Waals surface area (Å²) in [5.74, 6) is -1.09. The minimum absolute atomic E-state index is 0.221. The van der Waals surface area contributed by atoms with E-state index in [-0.39, 0.29) is 24.3 Å². The van der Waals surface area contributed by atoms with E-state index < -0.39 is 30.4 Å². The maximum absolute atomic E-state index is 12.9. The monoisotopic (exact) mass is 518 g/mol. The quantitative estimate of drug-likeness (QED) is 0.242. The zero-order valence-electron chi connectivity index (χ0n) is 22.8. The van der Waals surface area contributed by atoms with Crippen molar-refractivity contribution in [2.45, 2.75) is 147 Å².